The molecular formula is C16H20ClN3. The molecule has 1 unspecified atom stereocenters. The molecule has 2 rings (SSSR count). The van der Waals surface area contributed by atoms with Gasteiger partial charge in [0.15, 0.2) is 0 Å². The summed E-state index contributed by atoms with van der Waals surface area (Å²) in [5.74, 6) is 1.85. The molecule has 0 radical (unpaired) electrons. The highest BCUT2D eigenvalue weighted by Crippen LogP contribution is 2.25. The first-order chi connectivity index (χ1) is 9.61. The van der Waals surface area contributed by atoms with Crippen molar-refractivity contribution in [2.24, 2.45) is 0 Å². The molecule has 106 valence electrons. The van der Waals surface area contributed by atoms with Crippen molar-refractivity contribution in [3.05, 3.63) is 53.1 Å². The van der Waals surface area contributed by atoms with Gasteiger partial charge in [-0.3, -0.25) is 0 Å². The highest BCUT2D eigenvalue weighted by molar-refractivity contribution is 6.30. The third kappa shape index (κ3) is 3.42. The minimum absolute atomic E-state index is 0.233. The third-order valence-corrected chi connectivity index (χ3v) is 3.64. The lowest BCUT2D eigenvalue weighted by Crippen LogP contribution is -2.22. The molecule has 0 saturated carbocycles. The average molecular weight is 290 g/mol. The van der Waals surface area contributed by atoms with Crippen LogP contribution in [0.2, 0.25) is 5.02 Å². The molecule has 0 aliphatic carbocycles. The number of nitrogens with one attached hydrogen (secondary N) is 1. The molecule has 1 N–H and O–H groups in total. The van der Waals surface area contributed by atoms with Crippen LogP contribution in [0.25, 0.3) is 0 Å². The molecule has 1 heterocycles. The van der Waals surface area contributed by atoms with Gasteiger partial charge in [0.2, 0.25) is 0 Å². The Kier molecular flexibility index (Phi) is 4.85. The summed E-state index contributed by atoms with van der Waals surface area (Å²) in [5.41, 5.74) is 1.22. The van der Waals surface area contributed by atoms with Gasteiger partial charge >= 0.3 is 0 Å². The standard InChI is InChI=1S/C16H20ClN3/c1-4-18-15-6-5-7-16(19-15)20(3)12(2)13-8-10-14(17)11-9-13/h5-12H,4H2,1-3H3,(H,18,19). The fourth-order valence-corrected chi connectivity index (χ4v) is 2.19. The van der Waals surface area contributed by atoms with Crippen molar-refractivity contribution in [3.63, 3.8) is 0 Å². The Morgan fingerprint density at radius 1 is 1.20 bits per heavy atom. The molecule has 0 amide bonds. The van der Waals surface area contributed by atoms with Crippen LogP contribution in [0, 0.1) is 0 Å². The smallest absolute Gasteiger partial charge is 0.131 e. The number of nitrogens with zero attached hydrogens (tertiary/aromatic N) is 2. The van der Waals surface area contributed by atoms with Crippen LogP contribution in [0.15, 0.2) is 42.5 Å². The summed E-state index contributed by atoms with van der Waals surface area (Å²) in [6.45, 7) is 5.09. The van der Waals surface area contributed by atoms with Crippen LogP contribution in [0.3, 0.4) is 0 Å². The first-order valence-corrected chi connectivity index (χ1v) is 7.19. The Bertz CT molecular complexity index is 554. The van der Waals surface area contributed by atoms with E-state index in [-0.39, 0.29) is 6.04 Å². The van der Waals surface area contributed by atoms with Crippen LogP contribution < -0.4 is 10.2 Å². The van der Waals surface area contributed by atoms with Crippen molar-refractivity contribution in [1.29, 1.82) is 0 Å². The lowest BCUT2D eigenvalue weighted by molar-refractivity contribution is 0.729. The summed E-state index contributed by atoms with van der Waals surface area (Å²) in [6.07, 6.45) is 0. The molecule has 20 heavy (non-hydrogen) atoms. The predicted molar refractivity (Wildman–Crippen MR) is 86.7 cm³/mol. The quantitative estimate of drug-likeness (QED) is 0.886. The van der Waals surface area contributed by atoms with Crippen LogP contribution >= 0.6 is 11.6 Å². The van der Waals surface area contributed by atoms with Gasteiger partial charge in [0, 0.05) is 18.6 Å². The zero-order valence-electron chi connectivity index (χ0n) is 12.1. The Hall–Kier alpha value is -1.74. The van der Waals surface area contributed by atoms with Gasteiger partial charge in [-0.25, -0.2) is 4.98 Å². The average Bonchev–Trinajstić information content (AvgIpc) is 2.47. The predicted octanol–water partition coefficient (Wildman–Crippen LogP) is 4.36. The molecule has 1 aromatic heterocycles. The van der Waals surface area contributed by atoms with E-state index < -0.39 is 0 Å². The van der Waals surface area contributed by atoms with Crippen molar-refractivity contribution in [1.82, 2.24) is 4.98 Å². The zero-order chi connectivity index (χ0) is 14.5. The number of anilines is 2. The Morgan fingerprint density at radius 3 is 2.55 bits per heavy atom. The molecule has 0 saturated heterocycles. The molecular weight excluding hydrogens is 270 g/mol. The molecule has 4 heteroatoms. The number of benzene rings is 1. The SMILES string of the molecule is CCNc1cccc(N(C)C(C)c2ccc(Cl)cc2)n1. The van der Waals surface area contributed by atoms with E-state index in [0.29, 0.717) is 0 Å². The van der Waals surface area contributed by atoms with E-state index in [1.807, 2.05) is 30.3 Å². The highest BCUT2D eigenvalue weighted by Gasteiger charge is 2.13. The van der Waals surface area contributed by atoms with E-state index in [0.717, 1.165) is 23.2 Å². The van der Waals surface area contributed by atoms with Gasteiger partial charge in [0.1, 0.15) is 11.6 Å². The fraction of sp³-hybridized carbons (Fsp3) is 0.312. The summed E-state index contributed by atoms with van der Waals surface area (Å²) >= 11 is 5.93. The van der Waals surface area contributed by atoms with Gasteiger partial charge in [0.05, 0.1) is 6.04 Å². The summed E-state index contributed by atoms with van der Waals surface area (Å²) in [7, 11) is 2.05. The maximum absolute atomic E-state index is 5.93. The normalized spacial score (nSPS) is 12.0. The minimum atomic E-state index is 0.233. The van der Waals surface area contributed by atoms with E-state index in [2.05, 4.69) is 48.2 Å². The van der Waals surface area contributed by atoms with E-state index in [9.17, 15) is 0 Å². The molecule has 2 aromatic rings. The van der Waals surface area contributed by atoms with Crippen molar-refractivity contribution >= 4 is 23.2 Å². The second-order valence-corrected chi connectivity index (χ2v) is 5.19. The molecule has 0 spiro atoms. The van der Waals surface area contributed by atoms with E-state index in [4.69, 9.17) is 11.6 Å². The first-order valence-electron chi connectivity index (χ1n) is 6.81. The lowest BCUT2D eigenvalue weighted by Gasteiger charge is -2.26. The van der Waals surface area contributed by atoms with Crippen LogP contribution in [-0.2, 0) is 0 Å². The molecule has 0 aliphatic rings. The van der Waals surface area contributed by atoms with E-state index in [1.54, 1.807) is 0 Å². The second-order valence-electron chi connectivity index (χ2n) is 4.75. The van der Waals surface area contributed by atoms with Crippen molar-refractivity contribution in [2.45, 2.75) is 19.9 Å². The van der Waals surface area contributed by atoms with Gasteiger partial charge in [-0.1, -0.05) is 29.8 Å². The highest BCUT2D eigenvalue weighted by atomic mass is 35.5. The molecule has 0 fully saturated rings. The fourth-order valence-electron chi connectivity index (χ4n) is 2.06. The number of hydrogen-bond donors (Lipinski definition) is 1. The molecule has 1 aromatic carbocycles. The number of pyridine rings is 1. The van der Waals surface area contributed by atoms with E-state index in [1.165, 1.54) is 5.56 Å². The number of aromatic nitrogens is 1. The van der Waals surface area contributed by atoms with Crippen LogP contribution in [0.1, 0.15) is 25.5 Å². The van der Waals surface area contributed by atoms with Crippen molar-refractivity contribution < 1.29 is 0 Å². The molecule has 1 atom stereocenters. The Labute approximate surface area is 125 Å². The summed E-state index contributed by atoms with van der Waals surface area (Å²) in [5, 5.41) is 3.99. The molecule has 0 bridgehead atoms. The molecule has 0 aliphatic heterocycles. The van der Waals surface area contributed by atoms with Gasteiger partial charge < -0.3 is 10.2 Å². The Balaban J connectivity index is 2.19. The molecule has 3 nitrogen and oxygen atoms in total. The minimum Gasteiger partial charge on any atom is -0.370 e. The van der Waals surface area contributed by atoms with Crippen LogP contribution in [-0.4, -0.2) is 18.6 Å². The topological polar surface area (TPSA) is 28.2 Å². The van der Waals surface area contributed by atoms with Crippen LogP contribution in [0.4, 0.5) is 11.6 Å². The van der Waals surface area contributed by atoms with Gasteiger partial charge in [-0.2, -0.15) is 0 Å². The summed E-state index contributed by atoms with van der Waals surface area (Å²) < 4.78 is 0. The van der Waals surface area contributed by atoms with Crippen molar-refractivity contribution in [2.75, 3.05) is 23.8 Å². The monoisotopic (exact) mass is 289 g/mol. The van der Waals surface area contributed by atoms with Crippen LogP contribution in [0.5, 0.6) is 0 Å². The van der Waals surface area contributed by atoms with Gasteiger partial charge in [-0.15, -0.1) is 0 Å². The lowest BCUT2D eigenvalue weighted by atomic mass is 10.1. The maximum Gasteiger partial charge on any atom is 0.131 e. The first kappa shape index (κ1) is 14.7. The number of halogens is 1. The zero-order valence-corrected chi connectivity index (χ0v) is 12.9. The number of rotatable bonds is 5. The Morgan fingerprint density at radius 2 is 1.90 bits per heavy atom. The van der Waals surface area contributed by atoms with Gasteiger partial charge in [-0.05, 0) is 43.7 Å². The summed E-state index contributed by atoms with van der Waals surface area (Å²) in [4.78, 5) is 6.77. The second kappa shape index (κ2) is 6.62. The van der Waals surface area contributed by atoms with E-state index >= 15 is 0 Å². The van der Waals surface area contributed by atoms with Gasteiger partial charge in [0.25, 0.3) is 0 Å². The maximum atomic E-state index is 5.93. The largest absolute Gasteiger partial charge is 0.370 e. The van der Waals surface area contributed by atoms with Crippen molar-refractivity contribution in [3.8, 4) is 0 Å². The summed E-state index contributed by atoms with van der Waals surface area (Å²) in [6, 6.07) is 14.2. The number of hydrogen-bond acceptors (Lipinski definition) is 3. The third-order valence-electron chi connectivity index (χ3n) is 3.39.